The number of morpholine rings is 1. The fraction of sp³-hybridized carbons (Fsp3) is 1.00. The van der Waals surface area contributed by atoms with Gasteiger partial charge in [0.2, 0.25) is 0 Å². The molecule has 0 spiro atoms. The van der Waals surface area contributed by atoms with Crippen molar-refractivity contribution in [3.05, 3.63) is 0 Å². The van der Waals surface area contributed by atoms with Gasteiger partial charge in [-0.2, -0.15) is 0 Å². The second-order valence-corrected chi connectivity index (χ2v) is 3.89. The third kappa shape index (κ3) is 2.19. The highest BCUT2D eigenvalue weighted by Crippen LogP contribution is 2.18. The van der Waals surface area contributed by atoms with E-state index in [1.807, 2.05) is 0 Å². The number of ether oxygens (including phenoxy) is 1. The summed E-state index contributed by atoms with van der Waals surface area (Å²) >= 11 is 0. The van der Waals surface area contributed by atoms with Crippen LogP contribution in [0.3, 0.4) is 0 Å². The van der Waals surface area contributed by atoms with E-state index in [-0.39, 0.29) is 0 Å². The molecule has 0 aromatic rings. The Balaban J connectivity index is 1.68. The summed E-state index contributed by atoms with van der Waals surface area (Å²) < 4.78 is 5.42. The molecule has 0 aromatic carbocycles. The van der Waals surface area contributed by atoms with Crippen LogP contribution in [0.15, 0.2) is 0 Å². The van der Waals surface area contributed by atoms with Crippen LogP contribution in [0.2, 0.25) is 0 Å². The molecule has 0 bridgehead atoms. The molecular weight excluding hydrogens is 152 g/mol. The third-order valence-electron chi connectivity index (χ3n) is 2.74. The van der Waals surface area contributed by atoms with Gasteiger partial charge in [0.25, 0.3) is 0 Å². The molecule has 12 heavy (non-hydrogen) atoms. The third-order valence-corrected chi connectivity index (χ3v) is 2.74. The lowest BCUT2D eigenvalue weighted by Crippen LogP contribution is -2.48. The average molecular weight is 170 g/mol. The number of hydrogen-bond donors (Lipinski definition) is 1. The Morgan fingerprint density at radius 1 is 1.50 bits per heavy atom. The molecular formula is C9H18N2O. The summed E-state index contributed by atoms with van der Waals surface area (Å²) in [6, 6.07) is 1.42. The molecule has 1 heterocycles. The molecule has 1 saturated heterocycles. The van der Waals surface area contributed by atoms with E-state index in [9.17, 15) is 0 Å². The van der Waals surface area contributed by atoms with Crippen molar-refractivity contribution in [2.24, 2.45) is 0 Å². The van der Waals surface area contributed by atoms with Crippen LogP contribution < -0.4 is 5.32 Å². The molecule has 1 aliphatic heterocycles. The summed E-state index contributed by atoms with van der Waals surface area (Å²) in [7, 11) is 2.18. The molecule has 3 nitrogen and oxygen atoms in total. The monoisotopic (exact) mass is 170 g/mol. The highest BCUT2D eigenvalue weighted by molar-refractivity contribution is 4.84. The maximum Gasteiger partial charge on any atom is 0.0634 e. The number of nitrogens with zero attached hydrogens (tertiary/aromatic N) is 1. The van der Waals surface area contributed by atoms with Crippen LogP contribution in [0.25, 0.3) is 0 Å². The normalized spacial score (nSPS) is 32.2. The predicted molar refractivity (Wildman–Crippen MR) is 48.3 cm³/mol. The second-order valence-electron chi connectivity index (χ2n) is 3.89. The molecule has 1 atom stereocenters. The molecule has 0 amide bonds. The molecule has 2 rings (SSSR count). The Morgan fingerprint density at radius 3 is 3.00 bits per heavy atom. The SMILES string of the molecule is CN1CCOCC1CNC1CC1. The standard InChI is InChI=1S/C9H18N2O/c1-11-4-5-12-7-9(11)6-10-8-2-3-8/h8-10H,2-7H2,1H3. The first-order valence-electron chi connectivity index (χ1n) is 4.87. The molecule has 70 valence electrons. The first kappa shape index (κ1) is 8.48. The van der Waals surface area contributed by atoms with Gasteiger partial charge in [0.1, 0.15) is 0 Å². The number of hydrogen-bond acceptors (Lipinski definition) is 3. The predicted octanol–water partition coefficient (Wildman–Crippen LogP) is 0.0690. The summed E-state index contributed by atoms with van der Waals surface area (Å²) in [5, 5.41) is 3.54. The van der Waals surface area contributed by atoms with Crippen molar-refractivity contribution in [2.75, 3.05) is 33.4 Å². The van der Waals surface area contributed by atoms with E-state index in [2.05, 4.69) is 17.3 Å². The first-order chi connectivity index (χ1) is 5.86. The molecule has 0 radical (unpaired) electrons. The molecule has 1 saturated carbocycles. The second kappa shape index (κ2) is 3.73. The van der Waals surface area contributed by atoms with Crippen molar-refractivity contribution in [2.45, 2.75) is 24.9 Å². The minimum absolute atomic E-state index is 0.597. The van der Waals surface area contributed by atoms with Gasteiger partial charge in [-0.25, -0.2) is 0 Å². The number of nitrogens with one attached hydrogen (secondary N) is 1. The molecule has 1 unspecified atom stereocenters. The number of likely N-dealkylation sites (N-methyl/N-ethyl adjacent to an activating group) is 1. The summed E-state index contributed by atoms with van der Waals surface area (Å²) in [5.41, 5.74) is 0. The Kier molecular flexibility index (Phi) is 2.63. The van der Waals surface area contributed by atoms with Crippen molar-refractivity contribution >= 4 is 0 Å². The highest BCUT2D eigenvalue weighted by Gasteiger charge is 2.24. The van der Waals surface area contributed by atoms with E-state index in [1.54, 1.807) is 0 Å². The highest BCUT2D eigenvalue weighted by atomic mass is 16.5. The number of rotatable bonds is 3. The van der Waals surface area contributed by atoms with Crippen LogP contribution in [0, 0.1) is 0 Å². The Morgan fingerprint density at radius 2 is 2.33 bits per heavy atom. The zero-order valence-electron chi connectivity index (χ0n) is 7.75. The Bertz CT molecular complexity index is 147. The van der Waals surface area contributed by atoms with Gasteiger partial charge in [-0.3, -0.25) is 4.90 Å². The van der Waals surface area contributed by atoms with Gasteiger partial charge >= 0.3 is 0 Å². The van der Waals surface area contributed by atoms with Crippen molar-refractivity contribution < 1.29 is 4.74 Å². The van der Waals surface area contributed by atoms with E-state index in [1.165, 1.54) is 12.8 Å². The topological polar surface area (TPSA) is 24.5 Å². The largest absolute Gasteiger partial charge is 0.378 e. The van der Waals surface area contributed by atoms with Crippen molar-refractivity contribution in [1.29, 1.82) is 0 Å². The van der Waals surface area contributed by atoms with Crippen LogP contribution in [0.5, 0.6) is 0 Å². The van der Waals surface area contributed by atoms with E-state index < -0.39 is 0 Å². The maximum absolute atomic E-state index is 5.42. The van der Waals surface area contributed by atoms with E-state index in [4.69, 9.17) is 4.74 Å². The van der Waals surface area contributed by atoms with Gasteiger partial charge in [0.15, 0.2) is 0 Å². The summed E-state index contributed by atoms with van der Waals surface area (Å²) in [6.45, 7) is 3.98. The van der Waals surface area contributed by atoms with Crippen LogP contribution >= 0.6 is 0 Å². The molecule has 2 fully saturated rings. The van der Waals surface area contributed by atoms with Gasteiger partial charge in [0, 0.05) is 25.2 Å². The van der Waals surface area contributed by atoms with E-state index >= 15 is 0 Å². The van der Waals surface area contributed by atoms with Gasteiger partial charge in [-0.05, 0) is 19.9 Å². The van der Waals surface area contributed by atoms with Crippen LogP contribution in [-0.2, 0) is 4.74 Å². The molecule has 1 N–H and O–H groups in total. The fourth-order valence-electron chi connectivity index (χ4n) is 1.54. The van der Waals surface area contributed by atoms with Crippen molar-refractivity contribution in [3.8, 4) is 0 Å². The van der Waals surface area contributed by atoms with E-state index in [0.717, 1.165) is 32.3 Å². The minimum atomic E-state index is 0.597. The average Bonchev–Trinajstić information content (AvgIpc) is 2.86. The van der Waals surface area contributed by atoms with Crippen LogP contribution in [-0.4, -0.2) is 50.3 Å². The summed E-state index contributed by atoms with van der Waals surface area (Å²) in [6.07, 6.45) is 2.74. The first-order valence-corrected chi connectivity index (χ1v) is 4.87. The van der Waals surface area contributed by atoms with Crippen LogP contribution in [0.1, 0.15) is 12.8 Å². The quantitative estimate of drug-likeness (QED) is 0.648. The van der Waals surface area contributed by atoms with Gasteiger partial charge < -0.3 is 10.1 Å². The van der Waals surface area contributed by atoms with Crippen molar-refractivity contribution in [3.63, 3.8) is 0 Å². The molecule has 2 aliphatic rings. The van der Waals surface area contributed by atoms with Gasteiger partial charge in [-0.1, -0.05) is 0 Å². The maximum atomic E-state index is 5.42. The molecule has 3 heteroatoms. The smallest absolute Gasteiger partial charge is 0.0634 e. The Labute approximate surface area is 74.1 Å². The van der Waals surface area contributed by atoms with Gasteiger partial charge in [0.05, 0.1) is 13.2 Å². The lowest BCUT2D eigenvalue weighted by atomic mass is 10.2. The summed E-state index contributed by atoms with van der Waals surface area (Å²) in [4.78, 5) is 2.39. The zero-order chi connectivity index (χ0) is 8.39. The Hall–Kier alpha value is -0.120. The summed E-state index contributed by atoms with van der Waals surface area (Å²) in [5.74, 6) is 0. The lowest BCUT2D eigenvalue weighted by molar-refractivity contribution is 0.00633. The minimum Gasteiger partial charge on any atom is -0.378 e. The zero-order valence-corrected chi connectivity index (χ0v) is 7.75. The molecule has 0 aromatic heterocycles. The van der Waals surface area contributed by atoms with E-state index in [0.29, 0.717) is 6.04 Å². The van der Waals surface area contributed by atoms with Gasteiger partial charge in [-0.15, -0.1) is 0 Å². The van der Waals surface area contributed by atoms with Crippen molar-refractivity contribution in [1.82, 2.24) is 10.2 Å². The van der Waals surface area contributed by atoms with Crippen LogP contribution in [0.4, 0.5) is 0 Å². The fourth-order valence-corrected chi connectivity index (χ4v) is 1.54. The lowest BCUT2D eigenvalue weighted by Gasteiger charge is -2.32. The molecule has 1 aliphatic carbocycles.